The van der Waals surface area contributed by atoms with E-state index in [1.54, 1.807) is 18.2 Å². The van der Waals surface area contributed by atoms with E-state index in [0.717, 1.165) is 11.1 Å². The molecule has 1 aromatic heterocycles. The molecule has 0 saturated heterocycles. The SMILES string of the molecule is CC(Sc1nnc(-c2ccccc2F)n1Cc1ccccc1)C(=O)NCc1ccccc1. The number of carbonyl (C=O) groups excluding carboxylic acids is 1. The lowest BCUT2D eigenvalue weighted by Crippen LogP contribution is -2.30. The molecular weight excluding hydrogens is 423 g/mol. The van der Waals surface area contributed by atoms with E-state index in [4.69, 9.17) is 0 Å². The largest absolute Gasteiger partial charge is 0.351 e. The van der Waals surface area contributed by atoms with Gasteiger partial charge in [-0.2, -0.15) is 0 Å². The summed E-state index contributed by atoms with van der Waals surface area (Å²) in [6, 6.07) is 26.1. The van der Waals surface area contributed by atoms with E-state index in [1.165, 1.54) is 17.8 Å². The summed E-state index contributed by atoms with van der Waals surface area (Å²) in [6.07, 6.45) is 0. The Morgan fingerprint density at radius 2 is 1.56 bits per heavy atom. The highest BCUT2D eigenvalue weighted by Crippen LogP contribution is 2.29. The van der Waals surface area contributed by atoms with Crippen LogP contribution in [0.2, 0.25) is 0 Å². The van der Waals surface area contributed by atoms with Crippen molar-refractivity contribution in [2.75, 3.05) is 0 Å². The van der Waals surface area contributed by atoms with Crippen LogP contribution in [0, 0.1) is 5.82 Å². The van der Waals surface area contributed by atoms with Crippen LogP contribution in [0.1, 0.15) is 18.1 Å². The van der Waals surface area contributed by atoms with Crippen molar-refractivity contribution in [3.63, 3.8) is 0 Å². The average Bonchev–Trinajstić information content (AvgIpc) is 3.20. The molecule has 1 N–H and O–H groups in total. The third-order valence-corrected chi connectivity index (χ3v) is 6.06. The van der Waals surface area contributed by atoms with Crippen molar-refractivity contribution >= 4 is 17.7 Å². The maximum atomic E-state index is 14.5. The minimum atomic E-state index is -0.397. The summed E-state index contributed by atoms with van der Waals surface area (Å²) in [5.74, 6) is -0.0219. The van der Waals surface area contributed by atoms with Crippen LogP contribution in [0.15, 0.2) is 90.1 Å². The Kier molecular flexibility index (Phi) is 6.97. The van der Waals surface area contributed by atoms with E-state index in [1.807, 2.05) is 72.2 Å². The third-order valence-electron chi connectivity index (χ3n) is 4.98. The van der Waals surface area contributed by atoms with E-state index >= 15 is 0 Å². The van der Waals surface area contributed by atoms with Crippen LogP contribution >= 0.6 is 11.8 Å². The number of nitrogens with one attached hydrogen (secondary N) is 1. The molecule has 1 atom stereocenters. The predicted octanol–water partition coefficient (Wildman–Crippen LogP) is 4.93. The number of carbonyl (C=O) groups is 1. The third kappa shape index (κ3) is 5.23. The molecular formula is C25H23FN4OS. The highest BCUT2D eigenvalue weighted by molar-refractivity contribution is 8.00. The number of amides is 1. The quantitative estimate of drug-likeness (QED) is 0.390. The minimum absolute atomic E-state index is 0.0967. The zero-order valence-corrected chi connectivity index (χ0v) is 18.4. The second kappa shape index (κ2) is 10.2. The number of rotatable bonds is 8. The fourth-order valence-corrected chi connectivity index (χ4v) is 4.14. The van der Waals surface area contributed by atoms with Crippen molar-refractivity contribution in [2.24, 2.45) is 0 Å². The highest BCUT2D eigenvalue weighted by atomic mass is 32.2. The highest BCUT2D eigenvalue weighted by Gasteiger charge is 2.22. The maximum Gasteiger partial charge on any atom is 0.233 e. The van der Waals surface area contributed by atoms with Crippen molar-refractivity contribution < 1.29 is 9.18 Å². The molecule has 0 fully saturated rings. The molecule has 7 heteroatoms. The molecule has 4 rings (SSSR count). The number of hydrogen-bond acceptors (Lipinski definition) is 4. The topological polar surface area (TPSA) is 59.8 Å². The van der Waals surface area contributed by atoms with E-state index in [2.05, 4.69) is 15.5 Å². The molecule has 0 aliphatic rings. The van der Waals surface area contributed by atoms with E-state index < -0.39 is 5.25 Å². The summed E-state index contributed by atoms with van der Waals surface area (Å²) in [5, 5.41) is 11.7. The molecule has 4 aromatic rings. The van der Waals surface area contributed by atoms with Gasteiger partial charge in [0.1, 0.15) is 5.82 Å². The molecule has 0 aliphatic carbocycles. The Labute approximate surface area is 190 Å². The summed E-state index contributed by atoms with van der Waals surface area (Å²) >= 11 is 1.31. The summed E-state index contributed by atoms with van der Waals surface area (Å²) in [6.45, 7) is 2.76. The molecule has 5 nitrogen and oxygen atoms in total. The van der Waals surface area contributed by atoms with Gasteiger partial charge in [0, 0.05) is 6.54 Å². The van der Waals surface area contributed by atoms with Gasteiger partial charge in [-0.25, -0.2) is 4.39 Å². The Balaban J connectivity index is 1.56. The average molecular weight is 447 g/mol. The number of halogens is 1. The Hall–Kier alpha value is -3.45. The molecule has 1 amide bonds. The molecule has 0 saturated carbocycles. The second-order valence-electron chi connectivity index (χ2n) is 7.32. The first kappa shape index (κ1) is 21.8. The fraction of sp³-hybridized carbons (Fsp3) is 0.160. The first-order valence-electron chi connectivity index (χ1n) is 10.3. The Morgan fingerprint density at radius 1 is 0.938 bits per heavy atom. The van der Waals surface area contributed by atoms with Crippen LogP contribution in [0.5, 0.6) is 0 Å². The lowest BCUT2D eigenvalue weighted by atomic mass is 10.2. The van der Waals surface area contributed by atoms with Crippen molar-refractivity contribution in [1.29, 1.82) is 0 Å². The number of nitrogens with zero attached hydrogens (tertiary/aromatic N) is 3. The van der Waals surface area contributed by atoms with Gasteiger partial charge < -0.3 is 5.32 Å². The van der Waals surface area contributed by atoms with Gasteiger partial charge in [0.2, 0.25) is 5.91 Å². The minimum Gasteiger partial charge on any atom is -0.351 e. The monoisotopic (exact) mass is 446 g/mol. The molecule has 1 heterocycles. The van der Waals surface area contributed by atoms with E-state index in [9.17, 15) is 9.18 Å². The van der Waals surface area contributed by atoms with Crippen LogP contribution in [-0.4, -0.2) is 25.9 Å². The Bertz CT molecular complexity index is 1180. The number of benzene rings is 3. The van der Waals surface area contributed by atoms with Crippen molar-refractivity contribution in [3.8, 4) is 11.4 Å². The molecule has 0 spiro atoms. The first-order valence-corrected chi connectivity index (χ1v) is 11.2. The van der Waals surface area contributed by atoms with Gasteiger partial charge in [0.25, 0.3) is 0 Å². The zero-order valence-electron chi connectivity index (χ0n) is 17.6. The van der Waals surface area contributed by atoms with E-state index in [-0.39, 0.29) is 11.7 Å². The second-order valence-corrected chi connectivity index (χ2v) is 8.63. The molecule has 0 bridgehead atoms. The van der Waals surface area contributed by atoms with Crippen molar-refractivity contribution in [3.05, 3.63) is 102 Å². The molecule has 0 aliphatic heterocycles. The van der Waals surface area contributed by atoms with Gasteiger partial charge in [-0.3, -0.25) is 9.36 Å². The van der Waals surface area contributed by atoms with Crippen LogP contribution in [0.4, 0.5) is 4.39 Å². The molecule has 1 unspecified atom stereocenters. The van der Waals surface area contributed by atoms with Crippen LogP contribution in [0.3, 0.4) is 0 Å². The van der Waals surface area contributed by atoms with Gasteiger partial charge in [-0.05, 0) is 30.2 Å². The van der Waals surface area contributed by atoms with Gasteiger partial charge in [-0.15, -0.1) is 10.2 Å². The van der Waals surface area contributed by atoms with Gasteiger partial charge >= 0.3 is 0 Å². The van der Waals surface area contributed by atoms with Crippen LogP contribution in [0.25, 0.3) is 11.4 Å². The van der Waals surface area contributed by atoms with Gasteiger partial charge in [-0.1, -0.05) is 84.6 Å². The standard InChI is InChI=1S/C25H23FN4OS/c1-18(24(31)27-16-19-10-4-2-5-11-19)32-25-29-28-23(21-14-8-9-15-22(21)26)30(25)17-20-12-6-3-7-13-20/h2-15,18H,16-17H2,1H3,(H,27,31). The van der Waals surface area contributed by atoms with E-state index in [0.29, 0.717) is 29.6 Å². The number of thioether (sulfide) groups is 1. The summed E-state index contributed by atoms with van der Waals surface area (Å²) < 4.78 is 16.4. The Morgan fingerprint density at radius 3 is 2.25 bits per heavy atom. The zero-order chi connectivity index (χ0) is 22.3. The van der Waals surface area contributed by atoms with Crippen LogP contribution in [-0.2, 0) is 17.9 Å². The molecule has 3 aromatic carbocycles. The van der Waals surface area contributed by atoms with Crippen molar-refractivity contribution in [2.45, 2.75) is 30.4 Å². The molecule has 0 radical (unpaired) electrons. The number of hydrogen-bond donors (Lipinski definition) is 1. The normalized spacial score (nSPS) is 11.8. The summed E-state index contributed by atoms with van der Waals surface area (Å²) in [5.41, 5.74) is 2.45. The smallest absolute Gasteiger partial charge is 0.233 e. The maximum absolute atomic E-state index is 14.5. The van der Waals surface area contributed by atoms with Crippen molar-refractivity contribution in [1.82, 2.24) is 20.1 Å². The predicted molar refractivity (Wildman–Crippen MR) is 125 cm³/mol. The first-order chi connectivity index (χ1) is 15.6. The summed E-state index contributed by atoms with van der Waals surface area (Å²) in [4.78, 5) is 12.7. The summed E-state index contributed by atoms with van der Waals surface area (Å²) in [7, 11) is 0. The lowest BCUT2D eigenvalue weighted by molar-refractivity contribution is -0.120. The molecule has 32 heavy (non-hydrogen) atoms. The number of aromatic nitrogens is 3. The lowest BCUT2D eigenvalue weighted by Gasteiger charge is -2.14. The fourth-order valence-electron chi connectivity index (χ4n) is 3.27. The van der Waals surface area contributed by atoms with Gasteiger partial charge in [0.05, 0.1) is 17.4 Å². The molecule has 162 valence electrons. The van der Waals surface area contributed by atoms with Crippen LogP contribution < -0.4 is 5.32 Å². The van der Waals surface area contributed by atoms with Gasteiger partial charge in [0.15, 0.2) is 11.0 Å².